The molecule has 5 nitrogen and oxygen atoms in total. The Morgan fingerprint density at radius 2 is 1.70 bits per heavy atom. The van der Waals surface area contributed by atoms with Gasteiger partial charge in [-0.05, 0) is 54.7 Å². The summed E-state index contributed by atoms with van der Waals surface area (Å²) in [6, 6.07) is 13.0. The maximum absolute atomic E-state index is 12.8. The quantitative estimate of drug-likeness (QED) is 0.744. The second-order valence-electron chi connectivity index (χ2n) is 6.67. The fourth-order valence-electron chi connectivity index (χ4n) is 3.44. The minimum atomic E-state index is -3.79. The molecule has 0 radical (unpaired) electrons. The van der Waals surface area contributed by atoms with E-state index in [1.807, 2.05) is 12.1 Å². The number of methoxy groups -OCH3 is 1. The second-order valence-corrected chi connectivity index (χ2v) is 8.36. The molecule has 142 valence electrons. The Morgan fingerprint density at radius 1 is 1.07 bits per heavy atom. The summed E-state index contributed by atoms with van der Waals surface area (Å²) < 4.78 is 32.9. The fourth-order valence-corrected chi connectivity index (χ4v) is 4.52. The van der Waals surface area contributed by atoms with Gasteiger partial charge in [0.15, 0.2) is 0 Å². The van der Waals surface area contributed by atoms with E-state index >= 15 is 0 Å². The molecule has 0 amide bonds. The minimum absolute atomic E-state index is 0.0800. The predicted molar refractivity (Wildman–Crippen MR) is 106 cm³/mol. The van der Waals surface area contributed by atoms with Gasteiger partial charge < -0.3 is 4.74 Å². The first kappa shape index (κ1) is 19.2. The van der Waals surface area contributed by atoms with Gasteiger partial charge in [-0.3, -0.25) is 4.72 Å². The third-order valence-electron chi connectivity index (χ3n) is 4.95. The summed E-state index contributed by atoms with van der Waals surface area (Å²) in [6.45, 7) is 4.22. The SMILES string of the molecule is C=C(c1ccccc1NS(=O)(=O)c1ccc(C(=O)OC)cc1)C1CCCC1. The zero-order valence-electron chi connectivity index (χ0n) is 15.3. The summed E-state index contributed by atoms with van der Waals surface area (Å²) in [5.41, 5.74) is 2.63. The lowest BCUT2D eigenvalue weighted by atomic mass is 9.92. The summed E-state index contributed by atoms with van der Waals surface area (Å²) >= 11 is 0. The first-order valence-electron chi connectivity index (χ1n) is 8.92. The average molecular weight is 385 g/mol. The number of esters is 1. The number of rotatable bonds is 6. The van der Waals surface area contributed by atoms with Crippen LogP contribution in [0.2, 0.25) is 0 Å². The summed E-state index contributed by atoms with van der Waals surface area (Å²) in [5, 5.41) is 0. The number of allylic oxidation sites excluding steroid dienone is 1. The van der Waals surface area contributed by atoms with Crippen molar-refractivity contribution in [1.29, 1.82) is 0 Å². The van der Waals surface area contributed by atoms with E-state index < -0.39 is 16.0 Å². The van der Waals surface area contributed by atoms with E-state index in [0.29, 0.717) is 17.2 Å². The highest BCUT2D eigenvalue weighted by atomic mass is 32.2. The summed E-state index contributed by atoms with van der Waals surface area (Å²) in [7, 11) is -2.50. The lowest BCUT2D eigenvalue weighted by Gasteiger charge is -2.18. The van der Waals surface area contributed by atoms with Gasteiger partial charge in [0.25, 0.3) is 10.0 Å². The van der Waals surface area contributed by atoms with Crippen LogP contribution < -0.4 is 4.72 Å². The van der Waals surface area contributed by atoms with Crippen molar-refractivity contribution in [2.75, 3.05) is 11.8 Å². The fraction of sp³-hybridized carbons (Fsp3) is 0.286. The molecule has 1 N–H and O–H groups in total. The number of para-hydroxylation sites is 1. The van der Waals surface area contributed by atoms with Gasteiger partial charge in [0.1, 0.15) is 0 Å². The van der Waals surface area contributed by atoms with Crippen LogP contribution in [0.4, 0.5) is 5.69 Å². The number of hydrogen-bond donors (Lipinski definition) is 1. The van der Waals surface area contributed by atoms with Crippen LogP contribution in [0.3, 0.4) is 0 Å². The third kappa shape index (κ3) is 4.22. The van der Waals surface area contributed by atoms with Crippen LogP contribution in [0.15, 0.2) is 60.0 Å². The second kappa shape index (κ2) is 7.96. The van der Waals surface area contributed by atoms with Gasteiger partial charge >= 0.3 is 5.97 Å². The molecule has 1 aliphatic carbocycles. The summed E-state index contributed by atoms with van der Waals surface area (Å²) in [5.74, 6) is -0.111. The Kier molecular flexibility index (Phi) is 5.65. The molecule has 2 aromatic rings. The van der Waals surface area contributed by atoms with Crippen molar-refractivity contribution in [3.8, 4) is 0 Å². The molecule has 27 heavy (non-hydrogen) atoms. The highest BCUT2D eigenvalue weighted by molar-refractivity contribution is 7.92. The van der Waals surface area contributed by atoms with E-state index in [1.165, 1.54) is 44.2 Å². The molecule has 0 unspecified atom stereocenters. The van der Waals surface area contributed by atoms with Crippen molar-refractivity contribution in [2.45, 2.75) is 30.6 Å². The molecule has 0 aromatic heterocycles. The number of nitrogens with one attached hydrogen (secondary N) is 1. The number of hydrogen-bond acceptors (Lipinski definition) is 4. The molecular formula is C21H23NO4S. The Balaban J connectivity index is 1.86. The maximum Gasteiger partial charge on any atom is 0.337 e. The molecule has 0 bridgehead atoms. The van der Waals surface area contributed by atoms with E-state index in [1.54, 1.807) is 12.1 Å². The standard InChI is InChI=1S/C21H23NO4S/c1-15(16-7-3-4-8-16)19-9-5-6-10-20(19)22-27(24,25)18-13-11-17(12-14-18)21(23)26-2/h5-6,9-14,16,22H,1,3-4,7-8H2,2H3. The van der Waals surface area contributed by atoms with Crippen LogP contribution in [0.25, 0.3) is 5.57 Å². The Morgan fingerprint density at radius 3 is 2.33 bits per heavy atom. The van der Waals surface area contributed by atoms with Gasteiger partial charge in [0.05, 0.1) is 23.3 Å². The largest absolute Gasteiger partial charge is 0.465 e. The van der Waals surface area contributed by atoms with Crippen LogP contribution in [0.5, 0.6) is 0 Å². The monoisotopic (exact) mass is 385 g/mol. The van der Waals surface area contributed by atoms with Crippen molar-refractivity contribution in [3.63, 3.8) is 0 Å². The van der Waals surface area contributed by atoms with E-state index in [9.17, 15) is 13.2 Å². The van der Waals surface area contributed by atoms with Crippen molar-refractivity contribution in [3.05, 3.63) is 66.2 Å². The first-order chi connectivity index (χ1) is 12.9. The van der Waals surface area contributed by atoms with Crippen LogP contribution in [-0.4, -0.2) is 21.5 Å². The number of sulfonamides is 1. The van der Waals surface area contributed by atoms with Gasteiger partial charge in [0, 0.05) is 5.56 Å². The smallest absolute Gasteiger partial charge is 0.337 e. The molecule has 0 heterocycles. The van der Waals surface area contributed by atoms with Crippen molar-refractivity contribution < 1.29 is 17.9 Å². The molecule has 6 heteroatoms. The van der Waals surface area contributed by atoms with Crippen molar-refractivity contribution in [1.82, 2.24) is 0 Å². The van der Waals surface area contributed by atoms with Gasteiger partial charge in [-0.15, -0.1) is 0 Å². The highest BCUT2D eigenvalue weighted by Crippen LogP contribution is 2.38. The van der Waals surface area contributed by atoms with Crippen LogP contribution >= 0.6 is 0 Å². The molecule has 1 aliphatic rings. The van der Waals surface area contributed by atoms with E-state index in [-0.39, 0.29) is 4.90 Å². The zero-order valence-corrected chi connectivity index (χ0v) is 16.1. The molecular weight excluding hydrogens is 362 g/mol. The molecule has 0 saturated heterocycles. The predicted octanol–water partition coefficient (Wildman–Crippen LogP) is 4.48. The van der Waals surface area contributed by atoms with E-state index in [0.717, 1.165) is 24.0 Å². The molecule has 0 atom stereocenters. The molecule has 2 aromatic carbocycles. The normalized spacial score (nSPS) is 14.7. The van der Waals surface area contributed by atoms with Gasteiger partial charge in [0.2, 0.25) is 0 Å². The number of anilines is 1. The number of carbonyl (C=O) groups is 1. The summed E-state index contributed by atoms with van der Waals surface area (Å²) in [4.78, 5) is 11.6. The zero-order chi connectivity index (χ0) is 19.4. The van der Waals surface area contributed by atoms with E-state index in [4.69, 9.17) is 0 Å². The van der Waals surface area contributed by atoms with Crippen molar-refractivity contribution >= 4 is 27.3 Å². The molecule has 3 rings (SSSR count). The average Bonchev–Trinajstić information content (AvgIpc) is 3.22. The van der Waals surface area contributed by atoms with Gasteiger partial charge in [-0.2, -0.15) is 0 Å². The Labute approximate surface area is 160 Å². The maximum atomic E-state index is 12.8. The summed E-state index contributed by atoms with van der Waals surface area (Å²) in [6.07, 6.45) is 4.55. The lowest BCUT2D eigenvalue weighted by molar-refractivity contribution is 0.0600. The van der Waals surface area contributed by atoms with Crippen molar-refractivity contribution in [2.24, 2.45) is 5.92 Å². The molecule has 1 saturated carbocycles. The molecule has 1 fully saturated rings. The van der Waals surface area contributed by atoms with Crippen LogP contribution in [-0.2, 0) is 14.8 Å². The number of ether oxygens (including phenoxy) is 1. The first-order valence-corrected chi connectivity index (χ1v) is 10.4. The number of carbonyl (C=O) groups excluding carboxylic acids is 1. The Hall–Kier alpha value is -2.60. The van der Waals surface area contributed by atoms with Gasteiger partial charge in [-0.25, -0.2) is 13.2 Å². The molecule has 0 aliphatic heterocycles. The Bertz CT molecular complexity index is 942. The van der Waals surface area contributed by atoms with Gasteiger partial charge in [-0.1, -0.05) is 37.6 Å². The van der Waals surface area contributed by atoms with E-state index in [2.05, 4.69) is 16.0 Å². The third-order valence-corrected chi connectivity index (χ3v) is 6.33. The minimum Gasteiger partial charge on any atom is -0.465 e. The number of benzene rings is 2. The topological polar surface area (TPSA) is 72.5 Å². The highest BCUT2D eigenvalue weighted by Gasteiger charge is 2.22. The van der Waals surface area contributed by atoms with Crippen LogP contribution in [0, 0.1) is 5.92 Å². The molecule has 0 spiro atoms. The lowest BCUT2D eigenvalue weighted by Crippen LogP contribution is -2.15. The van der Waals surface area contributed by atoms with Crippen LogP contribution in [0.1, 0.15) is 41.6 Å².